The Kier molecular flexibility index (Phi) is 6.85. The van der Waals surface area contributed by atoms with Gasteiger partial charge in [0.05, 0.1) is 6.10 Å². The van der Waals surface area contributed by atoms with Crippen LogP contribution in [0.1, 0.15) is 44.6 Å². The first kappa shape index (κ1) is 16.8. The summed E-state index contributed by atoms with van der Waals surface area (Å²) in [6.07, 6.45) is 0.462. The van der Waals surface area contributed by atoms with Gasteiger partial charge in [-0.05, 0) is 30.5 Å². The van der Waals surface area contributed by atoms with Gasteiger partial charge in [-0.2, -0.15) is 0 Å². The summed E-state index contributed by atoms with van der Waals surface area (Å²) in [7, 11) is 0. The lowest BCUT2D eigenvalue weighted by atomic mass is 10.0. The van der Waals surface area contributed by atoms with Crippen LogP contribution in [0.2, 0.25) is 0 Å². The molecule has 0 aliphatic heterocycles. The van der Waals surface area contributed by atoms with Crippen molar-refractivity contribution in [1.29, 1.82) is 0 Å². The molecule has 2 nitrogen and oxygen atoms in total. The summed E-state index contributed by atoms with van der Waals surface area (Å²) >= 11 is 0. The highest BCUT2D eigenvalue weighted by molar-refractivity contribution is 5.27. The zero-order valence-corrected chi connectivity index (χ0v) is 11.6. The Balaban J connectivity index is 2.37. The van der Waals surface area contributed by atoms with E-state index in [-0.39, 0.29) is 5.75 Å². The quantitative estimate of drug-likeness (QED) is 0.716. The number of hydrogen-bond acceptors (Lipinski definition) is 2. The van der Waals surface area contributed by atoms with Crippen molar-refractivity contribution in [3.05, 3.63) is 29.8 Å². The van der Waals surface area contributed by atoms with Crippen LogP contribution < -0.4 is 4.74 Å². The largest absolute Gasteiger partial charge is 0.573 e. The average molecular weight is 290 g/mol. The molecule has 1 aromatic carbocycles. The summed E-state index contributed by atoms with van der Waals surface area (Å²) in [5.74, 6) is -0.237. The van der Waals surface area contributed by atoms with Crippen molar-refractivity contribution in [2.24, 2.45) is 0 Å². The van der Waals surface area contributed by atoms with Crippen LogP contribution in [0.5, 0.6) is 5.75 Å². The molecule has 0 spiro atoms. The molecule has 5 heteroatoms. The Bertz CT molecular complexity index is 374. The van der Waals surface area contributed by atoms with Gasteiger partial charge >= 0.3 is 6.36 Å². The number of aliphatic hydroxyl groups is 1. The van der Waals surface area contributed by atoms with E-state index in [1.165, 1.54) is 12.1 Å². The normalized spacial score (nSPS) is 13.2. The first-order valence-corrected chi connectivity index (χ1v) is 6.93. The molecule has 114 valence electrons. The lowest BCUT2D eigenvalue weighted by molar-refractivity contribution is -0.274. The molecule has 1 N–H and O–H groups in total. The average Bonchev–Trinajstić information content (AvgIpc) is 2.35. The molecule has 1 unspecified atom stereocenters. The summed E-state index contributed by atoms with van der Waals surface area (Å²) in [5.41, 5.74) is 0.808. The third kappa shape index (κ3) is 7.38. The third-order valence-corrected chi connectivity index (χ3v) is 3.02. The Hall–Kier alpha value is -1.23. The van der Waals surface area contributed by atoms with Crippen molar-refractivity contribution >= 4 is 0 Å². The summed E-state index contributed by atoms with van der Waals surface area (Å²) in [4.78, 5) is 0. The van der Waals surface area contributed by atoms with Gasteiger partial charge in [-0.3, -0.25) is 0 Å². The molecule has 0 aliphatic rings. The van der Waals surface area contributed by atoms with Crippen LogP contribution in [-0.2, 0) is 6.42 Å². The molecular weight excluding hydrogens is 269 g/mol. The van der Waals surface area contributed by atoms with Crippen LogP contribution in [0.25, 0.3) is 0 Å². The fraction of sp³-hybridized carbons (Fsp3) is 0.600. The minimum Gasteiger partial charge on any atom is -0.406 e. The van der Waals surface area contributed by atoms with E-state index in [1.807, 2.05) is 0 Å². The van der Waals surface area contributed by atoms with Gasteiger partial charge in [0.25, 0.3) is 0 Å². The van der Waals surface area contributed by atoms with Gasteiger partial charge < -0.3 is 9.84 Å². The molecule has 0 heterocycles. The second kappa shape index (κ2) is 8.15. The number of rotatable bonds is 8. The van der Waals surface area contributed by atoms with E-state index >= 15 is 0 Å². The van der Waals surface area contributed by atoms with Gasteiger partial charge in [0.1, 0.15) is 5.75 Å². The monoisotopic (exact) mass is 290 g/mol. The molecule has 0 fully saturated rings. The van der Waals surface area contributed by atoms with Crippen molar-refractivity contribution in [2.75, 3.05) is 0 Å². The van der Waals surface area contributed by atoms with E-state index < -0.39 is 12.5 Å². The summed E-state index contributed by atoms with van der Waals surface area (Å²) in [6, 6.07) is 5.64. The molecule has 0 aliphatic carbocycles. The third-order valence-electron chi connectivity index (χ3n) is 3.02. The minimum atomic E-state index is -4.67. The maximum atomic E-state index is 12.0. The van der Waals surface area contributed by atoms with Crippen molar-refractivity contribution in [2.45, 2.75) is 57.9 Å². The van der Waals surface area contributed by atoms with Gasteiger partial charge in [-0.15, -0.1) is 13.2 Å². The topological polar surface area (TPSA) is 29.5 Å². The second-order valence-electron chi connectivity index (χ2n) is 4.90. The van der Waals surface area contributed by atoms with Crippen LogP contribution in [0.3, 0.4) is 0 Å². The molecule has 20 heavy (non-hydrogen) atoms. The van der Waals surface area contributed by atoms with Gasteiger partial charge in [-0.1, -0.05) is 44.7 Å². The molecule has 0 saturated carbocycles. The number of aliphatic hydroxyl groups excluding tert-OH is 1. The number of halogens is 3. The maximum absolute atomic E-state index is 12.0. The fourth-order valence-electron chi connectivity index (χ4n) is 2.01. The first-order valence-electron chi connectivity index (χ1n) is 6.93. The maximum Gasteiger partial charge on any atom is 0.573 e. The van der Waals surface area contributed by atoms with E-state index in [2.05, 4.69) is 11.7 Å². The SMILES string of the molecule is CCCCCCC(O)Cc1ccc(OC(F)(F)F)cc1. The second-order valence-corrected chi connectivity index (χ2v) is 4.90. The molecule has 1 aromatic rings. The number of ether oxygens (including phenoxy) is 1. The zero-order valence-electron chi connectivity index (χ0n) is 11.6. The molecule has 0 bridgehead atoms. The van der Waals surface area contributed by atoms with Crippen molar-refractivity contribution < 1.29 is 23.0 Å². The van der Waals surface area contributed by atoms with Crippen LogP contribution in [0.4, 0.5) is 13.2 Å². The molecule has 0 amide bonds. The lowest BCUT2D eigenvalue weighted by Crippen LogP contribution is -2.17. The van der Waals surface area contributed by atoms with Gasteiger partial charge in [0.2, 0.25) is 0 Å². The van der Waals surface area contributed by atoms with Crippen molar-refractivity contribution in [1.82, 2.24) is 0 Å². The van der Waals surface area contributed by atoms with Gasteiger partial charge in [-0.25, -0.2) is 0 Å². The van der Waals surface area contributed by atoms with E-state index in [0.29, 0.717) is 6.42 Å². The summed E-state index contributed by atoms with van der Waals surface area (Å²) in [5, 5.41) is 9.85. The van der Waals surface area contributed by atoms with Crippen LogP contribution in [0.15, 0.2) is 24.3 Å². The lowest BCUT2D eigenvalue weighted by Gasteiger charge is -2.12. The van der Waals surface area contributed by atoms with Crippen LogP contribution in [-0.4, -0.2) is 17.6 Å². The van der Waals surface area contributed by atoms with E-state index in [1.54, 1.807) is 12.1 Å². The van der Waals surface area contributed by atoms with Crippen molar-refractivity contribution in [3.63, 3.8) is 0 Å². The van der Waals surface area contributed by atoms with E-state index in [9.17, 15) is 18.3 Å². The van der Waals surface area contributed by atoms with Crippen molar-refractivity contribution in [3.8, 4) is 5.75 Å². The standard InChI is InChI=1S/C15H21F3O2/c1-2-3-4-5-6-13(19)11-12-7-9-14(10-8-12)20-15(16,17)18/h7-10,13,19H,2-6,11H2,1H3. The summed E-state index contributed by atoms with van der Waals surface area (Å²) in [6.45, 7) is 2.13. The molecular formula is C15H21F3O2. The van der Waals surface area contributed by atoms with E-state index in [0.717, 1.165) is 37.7 Å². The Morgan fingerprint density at radius 3 is 2.30 bits per heavy atom. The van der Waals surface area contributed by atoms with Crippen LogP contribution >= 0.6 is 0 Å². The van der Waals surface area contributed by atoms with Gasteiger partial charge in [0, 0.05) is 0 Å². The molecule has 0 saturated heterocycles. The zero-order chi connectivity index (χ0) is 15.0. The number of unbranched alkanes of at least 4 members (excludes halogenated alkanes) is 3. The highest BCUT2D eigenvalue weighted by Crippen LogP contribution is 2.23. The number of benzene rings is 1. The smallest absolute Gasteiger partial charge is 0.406 e. The van der Waals surface area contributed by atoms with Gasteiger partial charge in [0.15, 0.2) is 0 Å². The number of hydrogen-bond donors (Lipinski definition) is 1. The van der Waals surface area contributed by atoms with E-state index in [4.69, 9.17) is 0 Å². The molecule has 0 radical (unpaired) electrons. The molecule has 1 rings (SSSR count). The first-order chi connectivity index (χ1) is 9.40. The highest BCUT2D eigenvalue weighted by atomic mass is 19.4. The number of alkyl halides is 3. The predicted octanol–water partition coefficient (Wildman–Crippen LogP) is 4.46. The summed E-state index contributed by atoms with van der Waals surface area (Å²) < 4.78 is 39.8. The predicted molar refractivity (Wildman–Crippen MR) is 71.6 cm³/mol. The Morgan fingerprint density at radius 2 is 1.75 bits per heavy atom. The molecule has 1 atom stereocenters. The minimum absolute atomic E-state index is 0.237. The highest BCUT2D eigenvalue weighted by Gasteiger charge is 2.30. The van der Waals surface area contributed by atoms with Crippen LogP contribution in [0, 0.1) is 0 Å². The fourth-order valence-corrected chi connectivity index (χ4v) is 2.01. The Labute approximate surface area is 117 Å². The Morgan fingerprint density at radius 1 is 1.10 bits per heavy atom. The molecule has 0 aromatic heterocycles.